The van der Waals surface area contributed by atoms with Crippen LogP contribution in [0.4, 0.5) is 0 Å². The van der Waals surface area contributed by atoms with Gasteiger partial charge in [0.05, 0.1) is 39.5 Å². The lowest BCUT2D eigenvalue weighted by molar-refractivity contribution is -0.180. The summed E-state index contributed by atoms with van der Waals surface area (Å²) < 4.78 is 15.1. The Labute approximate surface area is 159 Å². The lowest BCUT2D eigenvalue weighted by Crippen LogP contribution is -2.30. The van der Waals surface area contributed by atoms with E-state index < -0.39 is 5.91 Å². The first-order valence-electron chi connectivity index (χ1n) is 8.66. The number of nitrogens with one attached hydrogen (secondary N) is 2. The number of carbonyl (C=O) groups excluding carboxylic acids is 3. The van der Waals surface area contributed by atoms with Crippen LogP contribution in [-0.2, 0) is 38.3 Å². The molecule has 0 aliphatic heterocycles. The quantitative estimate of drug-likeness (QED) is 0.239. The van der Waals surface area contributed by atoms with E-state index in [9.17, 15) is 14.4 Å². The zero-order valence-electron chi connectivity index (χ0n) is 16.3. The van der Waals surface area contributed by atoms with Gasteiger partial charge in [0.15, 0.2) is 0 Å². The van der Waals surface area contributed by atoms with Crippen molar-refractivity contribution in [3.05, 3.63) is 0 Å². The standard InChI is InChI=1S/C16H31N3O8/c1-17-14(20)5-10-24-11-12-26-18-15(21)13-25-7-4-8-27-19(2)16(22)6-9-23-3/h4-13H2,1-3H3,(H,17,20)(H,18,21). The van der Waals surface area contributed by atoms with Gasteiger partial charge in [0.2, 0.25) is 11.8 Å². The molecule has 11 heteroatoms. The minimum absolute atomic E-state index is 0.101. The Kier molecular flexibility index (Phi) is 16.4. The number of hydroxylamine groups is 3. The molecule has 0 saturated heterocycles. The third kappa shape index (κ3) is 16.1. The number of rotatable bonds is 17. The van der Waals surface area contributed by atoms with Crippen molar-refractivity contribution in [1.82, 2.24) is 15.9 Å². The van der Waals surface area contributed by atoms with Crippen LogP contribution >= 0.6 is 0 Å². The molecule has 0 spiro atoms. The summed E-state index contributed by atoms with van der Waals surface area (Å²) in [5.74, 6) is -0.698. The van der Waals surface area contributed by atoms with Gasteiger partial charge in [-0.2, -0.15) is 0 Å². The van der Waals surface area contributed by atoms with Crippen molar-refractivity contribution >= 4 is 17.7 Å². The third-order valence-corrected chi connectivity index (χ3v) is 3.09. The highest BCUT2D eigenvalue weighted by atomic mass is 16.7. The van der Waals surface area contributed by atoms with Crippen molar-refractivity contribution in [3.63, 3.8) is 0 Å². The Morgan fingerprint density at radius 3 is 2.37 bits per heavy atom. The number of methoxy groups -OCH3 is 1. The Hall–Kier alpha value is -1.79. The lowest BCUT2D eigenvalue weighted by Gasteiger charge is -2.16. The first-order chi connectivity index (χ1) is 13.0. The van der Waals surface area contributed by atoms with E-state index in [-0.39, 0.29) is 51.1 Å². The second-order valence-corrected chi connectivity index (χ2v) is 5.28. The van der Waals surface area contributed by atoms with Crippen LogP contribution < -0.4 is 10.8 Å². The number of nitrogens with zero attached hydrogens (tertiary/aromatic N) is 1. The van der Waals surface area contributed by atoms with E-state index in [1.807, 2.05) is 0 Å². The van der Waals surface area contributed by atoms with Gasteiger partial charge in [-0.25, -0.2) is 10.5 Å². The number of hydrogen-bond donors (Lipinski definition) is 2. The summed E-state index contributed by atoms with van der Waals surface area (Å²) in [7, 11) is 4.61. The third-order valence-electron chi connectivity index (χ3n) is 3.09. The summed E-state index contributed by atoms with van der Waals surface area (Å²) in [6, 6.07) is 0. The number of hydrogen-bond acceptors (Lipinski definition) is 8. The number of amides is 3. The summed E-state index contributed by atoms with van der Waals surface area (Å²) in [4.78, 5) is 44.0. The fourth-order valence-electron chi connectivity index (χ4n) is 1.60. The Balaban J connectivity index is 3.41. The molecule has 27 heavy (non-hydrogen) atoms. The van der Waals surface area contributed by atoms with Crippen molar-refractivity contribution in [2.24, 2.45) is 0 Å². The Morgan fingerprint density at radius 1 is 0.889 bits per heavy atom. The molecule has 0 fully saturated rings. The Morgan fingerprint density at radius 2 is 1.67 bits per heavy atom. The first-order valence-corrected chi connectivity index (χ1v) is 8.66. The molecule has 0 aliphatic carbocycles. The van der Waals surface area contributed by atoms with Crippen molar-refractivity contribution in [1.29, 1.82) is 0 Å². The molecule has 158 valence electrons. The van der Waals surface area contributed by atoms with Gasteiger partial charge in [-0.15, -0.1) is 0 Å². The first kappa shape index (κ1) is 25.2. The predicted octanol–water partition coefficient (Wildman–Crippen LogP) is -0.980. The minimum atomic E-state index is -0.423. The highest BCUT2D eigenvalue weighted by Gasteiger charge is 2.08. The molecule has 0 aliphatic rings. The molecular weight excluding hydrogens is 362 g/mol. The molecule has 0 unspecified atom stereocenters. The van der Waals surface area contributed by atoms with E-state index in [1.54, 1.807) is 7.05 Å². The van der Waals surface area contributed by atoms with Crippen LogP contribution in [0.5, 0.6) is 0 Å². The average Bonchev–Trinajstić information content (AvgIpc) is 2.67. The topological polar surface area (TPSA) is 125 Å². The van der Waals surface area contributed by atoms with Crippen molar-refractivity contribution < 1.29 is 38.3 Å². The molecule has 2 N–H and O–H groups in total. The smallest absolute Gasteiger partial charge is 0.269 e. The van der Waals surface area contributed by atoms with Crippen LogP contribution in [0.3, 0.4) is 0 Å². The SMILES string of the molecule is CNC(=O)CCOCCONC(=O)COCCCON(C)C(=O)CCOC. The van der Waals surface area contributed by atoms with Crippen LogP contribution in [-0.4, -0.2) is 90.2 Å². The summed E-state index contributed by atoms with van der Waals surface area (Å²) in [6.07, 6.45) is 1.05. The molecule has 0 radical (unpaired) electrons. The minimum Gasteiger partial charge on any atom is -0.384 e. The highest BCUT2D eigenvalue weighted by molar-refractivity contribution is 5.76. The molecule has 0 aromatic heterocycles. The second-order valence-electron chi connectivity index (χ2n) is 5.28. The van der Waals surface area contributed by atoms with Gasteiger partial charge < -0.3 is 19.5 Å². The number of ether oxygens (including phenoxy) is 3. The van der Waals surface area contributed by atoms with E-state index in [0.29, 0.717) is 26.2 Å². The maximum Gasteiger partial charge on any atom is 0.269 e. The van der Waals surface area contributed by atoms with Crippen LogP contribution in [0, 0.1) is 0 Å². The highest BCUT2D eigenvalue weighted by Crippen LogP contribution is 1.95. The molecule has 0 rings (SSSR count). The second kappa shape index (κ2) is 17.6. The maximum atomic E-state index is 11.5. The number of carbonyl (C=O) groups is 3. The van der Waals surface area contributed by atoms with Gasteiger partial charge in [0.25, 0.3) is 5.91 Å². The summed E-state index contributed by atoms with van der Waals surface area (Å²) in [5.41, 5.74) is 2.22. The van der Waals surface area contributed by atoms with Crippen molar-refractivity contribution in [2.45, 2.75) is 19.3 Å². The zero-order chi connectivity index (χ0) is 20.3. The summed E-state index contributed by atoms with van der Waals surface area (Å²) >= 11 is 0. The predicted molar refractivity (Wildman–Crippen MR) is 94.2 cm³/mol. The van der Waals surface area contributed by atoms with E-state index in [2.05, 4.69) is 10.8 Å². The molecule has 0 heterocycles. The normalized spacial score (nSPS) is 10.5. The van der Waals surface area contributed by atoms with Gasteiger partial charge in [-0.1, -0.05) is 0 Å². The van der Waals surface area contributed by atoms with E-state index in [0.717, 1.165) is 5.06 Å². The fraction of sp³-hybridized carbons (Fsp3) is 0.812. The van der Waals surface area contributed by atoms with Gasteiger partial charge in [-0.3, -0.25) is 24.1 Å². The van der Waals surface area contributed by atoms with Crippen LogP contribution in [0.2, 0.25) is 0 Å². The van der Waals surface area contributed by atoms with Gasteiger partial charge in [-0.05, 0) is 6.42 Å². The lowest BCUT2D eigenvalue weighted by atomic mass is 10.4. The van der Waals surface area contributed by atoms with E-state index in [4.69, 9.17) is 23.9 Å². The molecule has 0 aromatic rings. The van der Waals surface area contributed by atoms with Gasteiger partial charge in [0, 0.05) is 34.2 Å². The maximum absolute atomic E-state index is 11.5. The molecule has 0 bridgehead atoms. The van der Waals surface area contributed by atoms with E-state index in [1.165, 1.54) is 14.2 Å². The Bertz CT molecular complexity index is 422. The molecule has 11 nitrogen and oxygen atoms in total. The van der Waals surface area contributed by atoms with Gasteiger partial charge >= 0.3 is 0 Å². The molecule has 0 atom stereocenters. The summed E-state index contributed by atoms with van der Waals surface area (Å²) in [6.45, 7) is 1.49. The molecule has 0 saturated carbocycles. The van der Waals surface area contributed by atoms with Crippen molar-refractivity contribution in [2.75, 3.05) is 67.5 Å². The molecule has 0 aromatic carbocycles. The van der Waals surface area contributed by atoms with Crippen LogP contribution in [0.15, 0.2) is 0 Å². The van der Waals surface area contributed by atoms with Crippen LogP contribution in [0.1, 0.15) is 19.3 Å². The monoisotopic (exact) mass is 393 g/mol. The molecular formula is C16H31N3O8. The van der Waals surface area contributed by atoms with Crippen LogP contribution in [0.25, 0.3) is 0 Å². The summed E-state index contributed by atoms with van der Waals surface area (Å²) in [5, 5.41) is 3.64. The van der Waals surface area contributed by atoms with Gasteiger partial charge in [0.1, 0.15) is 6.61 Å². The average molecular weight is 393 g/mol. The largest absolute Gasteiger partial charge is 0.384 e. The molecule has 3 amide bonds. The van der Waals surface area contributed by atoms with E-state index >= 15 is 0 Å². The van der Waals surface area contributed by atoms with Crippen molar-refractivity contribution in [3.8, 4) is 0 Å². The zero-order valence-corrected chi connectivity index (χ0v) is 16.3. The fourth-order valence-corrected chi connectivity index (χ4v) is 1.60.